The number of ether oxygens (including phenoxy) is 1. The second-order valence-electron chi connectivity index (χ2n) is 4.31. The number of carbonyl (C=O) groups is 1. The Labute approximate surface area is 103 Å². The average molecular weight is 235 g/mol. The lowest BCUT2D eigenvalue weighted by atomic mass is 10.1. The average Bonchev–Trinajstić information content (AvgIpc) is 2.31. The van der Waals surface area contributed by atoms with Crippen LogP contribution in [0.4, 0.5) is 0 Å². The van der Waals surface area contributed by atoms with Crippen LogP contribution in [-0.4, -0.2) is 31.6 Å². The summed E-state index contributed by atoms with van der Waals surface area (Å²) in [7, 11) is 3.33. The van der Waals surface area contributed by atoms with Crippen LogP contribution in [-0.2, 0) is 22.5 Å². The fourth-order valence-corrected chi connectivity index (χ4v) is 1.75. The number of carbonyl (C=O) groups excluding carboxylic acids is 1. The van der Waals surface area contributed by atoms with Crippen molar-refractivity contribution in [2.24, 2.45) is 0 Å². The third-order valence-electron chi connectivity index (χ3n) is 2.64. The number of hydrogen-bond acceptors (Lipinski definition) is 3. The molecule has 0 radical (unpaired) electrons. The Balaban J connectivity index is 2.48. The van der Waals surface area contributed by atoms with Crippen molar-refractivity contribution in [3.05, 3.63) is 35.4 Å². The van der Waals surface area contributed by atoms with Gasteiger partial charge in [-0.1, -0.05) is 37.6 Å². The molecule has 0 aromatic heterocycles. The third-order valence-corrected chi connectivity index (χ3v) is 2.64. The van der Waals surface area contributed by atoms with E-state index < -0.39 is 0 Å². The van der Waals surface area contributed by atoms with Gasteiger partial charge in [-0.15, -0.1) is 0 Å². The largest absolute Gasteiger partial charge is 0.468 e. The summed E-state index contributed by atoms with van der Waals surface area (Å²) in [5.74, 6) is -0.199. The molecule has 0 saturated carbocycles. The summed E-state index contributed by atoms with van der Waals surface area (Å²) in [6, 6.07) is 8.56. The number of aryl methyl sites for hydroxylation is 1. The zero-order valence-corrected chi connectivity index (χ0v) is 10.9. The quantitative estimate of drug-likeness (QED) is 0.708. The molecule has 1 aromatic carbocycles. The monoisotopic (exact) mass is 235 g/mol. The maximum absolute atomic E-state index is 11.1. The van der Waals surface area contributed by atoms with Crippen LogP contribution in [0.2, 0.25) is 0 Å². The molecule has 0 atom stereocenters. The van der Waals surface area contributed by atoms with Crippen molar-refractivity contribution in [2.45, 2.75) is 26.3 Å². The third kappa shape index (κ3) is 5.00. The molecule has 1 rings (SSSR count). The van der Waals surface area contributed by atoms with Crippen LogP contribution >= 0.6 is 0 Å². The number of methoxy groups -OCH3 is 1. The van der Waals surface area contributed by atoms with E-state index in [-0.39, 0.29) is 5.97 Å². The fourth-order valence-electron chi connectivity index (χ4n) is 1.75. The van der Waals surface area contributed by atoms with Gasteiger partial charge in [0.05, 0.1) is 13.7 Å². The van der Waals surface area contributed by atoms with Crippen molar-refractivity contribution in [1.29, 1.82) is 0 Å². The van der Waals surface area contributed by atoms with Gasteiger partial charge in [0.2, 0.25) is 0 Å². The van der Waals surface area contributed by atoms with Crippen molar-refractivity contribution >= 4 is 5.97 Å². The van der Waals surface area contributed by atoms with Gasteiger partial charge < -0.3 is 4.74 Å². The number of rotatable bonds is 6. The minimum Gasteiger partial charge on any atom is -0.468 e. The van der Waals surface area contributed by atoms with Gasteiger partial charge in [-0.2, -0.15) is 0 Å². The molecule has 0 unspecified atom stereocenters. The van der Waals surface area contributed by atoms with E-state index in [9.17, 15) is 4.79 Å². The van der Waals surface area contributed by atoms with Gasteiger partial charge in [-0.25, -0.2) is 0 Å². The Morgan fingerprint density at radius 3 is 2.35 bits per heavy atom. The highest BCUT2D eigenvalue weighted by atomic mass is 16.5. The molecular formula is C14H21NO2. The summed E-state index contributed by atoms with van der Waals surface area (Å²) < 4.78 is 4.63. The van der Waals surface area contributed by atoms with E-state index in [1.54, 1.807) is 0 Å². The van der Waals surface area contributed by atoms with Crippen LogP contribution in [0, 0.1) is 0 Å². The summed E-state index contributed by atoms with van der Waals surface area (Å²) in [4.78, 5) is 13.0. The molecule has 0 fully saturated rings. The smallest absolute Gasteiger partial charge is 0.319 e. The Morgan fingerprint density at radius 2 is 1.82 bits per heavy atom. The minimum atomic E-state index is -0.199. The lowest BCUT2D eigenvalue weighted by Crippen LogP contribution is -2.26. The SMILES string of the molecule is CCCc1ccc(CN(C)CC(=O)OC)cc1. The highest BCUT2D eigenvalue weighted by molar-refractivity contribution is 5.71. The van der Waals surface area contributed by atoms with Crippen molar-refractivity contribution < 1.29 is 9.53 Å². The second-order valence-corrected chi connectivity index (χ2v) is 4.31. The van der Waals surface area contributed by atoms with Crippen LogP contribution in [0.1, 0.15) is 24.5 Å². The summed E-state index contributed by atoms with van der Waals surface area (Å²) in [6.07, 6.45) is 2.29. The summed E-state index contributed by atoms with van der Waals surface area (Å²) in [5.41, 5.74) is 2.59. The molecular weight excluding hydrogens is 214 g/mol. The van der Waals surface area contributed by atoms with Gasteiger partial charge in [-0.3, -0.25) is 9.69 Å². The number of nitrogens with zero attached hydrogens (tertiary/aromatic N) is 1. The van der Waals surface area contributed by atoms with Crippen LogP contribution in [0.3, 0.4) is 0 Å². The molecule has 3 nitrogen and oxygen atoms in total. The van der Waals surface area contributed by atoms with Gasteiger partial charge in [0.25, 0.3) is 0 Å². The predicted molar refractivity (Wildman–Crippen MR) is 68.8 cm³/mol. The first kappa shape index (κ1) is 13.7. The molecule has 0 N–H and O–H groups in total. The lowest BCUT2D eigenvalue weighted by Gasteiger charge is -2.15. The Morgan fingerprint density at radius 1 is 1.24 bits per heavy atom. The first-order chi connectivity index (χ1) is 8.15. The first-order valence-electron chi connectivity index (χ1n) is 5.99. The van der Waals surface area contributed by atoms with Crippen LogP contribution in [0.5, 0.6) is 0 Å². The van der Waals surface area contributed by atoms with E-state index in [1.807, 2.05) is 11.9 Å². The molecule has 1 aromatic rings. The molecule has 0 aliphatic carbocycles. The van der Waals surface area contributed by atoms with Crippen molar-refractivity contribution in [2.75, 3.05) is 20.7 Å². The standard InChI is InChI=1S/C14H21NO2/c1-4-5-12-6-8-13(9-7-12)10-15(2)11-14(16)17-3/h6-9H,4-5,10-11H2,1-3H3. The normalized spacial score (nSPS) is 10.6. The van der Waals surface area contributed by atoms with E-state index >= 15 is 0 Å². The van der Waals surface area contributed by atoms with Gasteiger partial charge in [-0.05, 0) is 24.6 Å². The molecule has 0 amide bonds. The minimum absolute atomic E-state index is 0.199. The summed E-state index contributed by atoms with van der Waals surface area (Å²) in [5, 5.41) is 0. The van der Waals surface area contributed by atoms with E-state index in [0.29, 0.717) is 6.54 Å². The lowest BCUT2D eigenvalue weighted by molar-refractivity contribution is -0.141. The molecule has 0 spiro atoms. The molecule has 17 heavy (non-hydrogen) atoms. The highest BCUT2D eigenvalue weighted by Crippen LogP contribution is 2.08. The van der Waals surface area contributed by atoms with Gasteiger partial charge in [0.1, 0.15) is 0 Å². The van der Waals surface area contributed by atoms with E-state index in [0.717, 1.165) is 13.0 Å². The Kier molecular flexibility index (Phi) is 5.70. The topological polar surface area (TPSA) is 29.5 Å². The van der Waals surface area contributed by atoms with Crippen molar-refractivity contribution in [3.63, 3.8) is 0 Å². The zero-order valence-electron chi connectivity index (χ0n) is 10.9. The van der Waals surface area contributed by atoms with E-state index in [4.69, 9.17) is 0 Å². The van der Waals surface area contributed by atoms with Crippen molar-refractivity contribution in [3.8, 4) is 0 Å². The number of likely N-dealkylation sites (N-methyl/N-ethyl adjacent to an activating group) is 1. The van der Waals surface area contributed by atoms with Gasteiger partial charge in [0, 0.05) is 6.54 Å². The van der Waals surface area contributed by atoms with Gasteiger partial charge >= 0.3 is 5.97 Å². The van der Waals surface area contributed by atoms with Crippen LogP contribution in [0.15, 0.2) is 24.3 Å². The fraction of sp³-hybridized carbons (Fsp3) is 0.500. The zero-order chi connectivity index (χ0) is 12.7. The highest BCUT2D eigenvalue weighted by Gasteiger charge is 2.06. The maximum Gasteiger partial charge on any atom is 0.319 e. The molecule has 0 aliphatic heterocycles. The number of esters is 1. The molecule has 3 heteroatoms. The molecule has 94 valence electrons. The van der Waals surface area contributed by atoms with E-state index in [2.05, 4.69) is 35.9 Å². The predicted octanol–water partition coefficient (Wildman–Crippen LogP) is 2.24. The molecule has 0 heterocycles. The summed E-state index contributed by atoms with van der Waals surface area (Å²) >= 11 is 0. The first-order valence-corrected chi connectivity index (χ1v) is 5.99. The number of benzene rings is 1. The van der Waals surface area contributed by atoms with Crippen molar-refractivity contribution in [1.82, 2.24) is 4.90 Å². The molecule has 0 bridgehead atoms. The van der Waals surface area contributed by atoms with Crippen LogP contribution in [0.25, 0.3) is 0 Å². The van der Waals surface area contributed by atoms with Gasteiger partial charge in [0.15, 0.2) is 0 Å². The number of hydrogen-bond donors (Lipinski definition) is 0. The Hall–Kier alpha value is -1.35. The summed E-state index contributed by atoms with van der Waals surface area (Å²) in [6.45, 7) is 3.27. The molecule has 0 saturated heterocycles. The molecule has 0 aliphatic rings. The Bertz CT molecular complexity index is 346. The second kappa shape index (κ2) is 7.07. The maximum atomic E-state index is 11.1. The van der Waals surface area contributed by atoms with E-state index in [1.165, 1.54) is 24.7 Å². The van der Waals surface area contributed by atoms with Crippen LogP contribution < -0.4 is 0 Å².